The molecule has 0 bridgehead atoms. The number of aromatic nitrogens is 1. The van der Waals surface area contributed by atoms with Crippen molar-refractivity contribution in [2.45, 2.75) is 19.9 Å². The lowest BCUT2D eigenvalue weighted by atomic mass is 10.1. The van der Waals surface area contributed by atoms with Gasteiger partial charge in [0.25, 0.3) is 0 Å². The molecule has 3 N–H and O–H groups in total. The summed E-state index contributed by atoms with van der Waals surface area (Å²) in [7, 11) is 0. The lowest BCUT2D eigenvalue weighted by molar-refractivity contribution is 0.581. The number of thiazole rings is 1. The number of hydrogen-bond donors (Lipinski definition) is 2. The predicted molar refractivity (Wildman–Crippen MR) is 94.6 cm³/mol. The van der Waals surface area contributed by atoms with E-state index < -0.39 is 0 Å². The van der Waals surface area contributed by atoms with Gasteiger partial charge in [-0.15, -0.1) is 11.3 Å². The highest BCUT2D eigenvalue weighted by Crippen LogP contribution is 2.24. The van der Waals surface area contributed by atoms with Crippen LogP contribution in [0.1, 0.15) is 18.2 Å². The summed E-state index contributed by atoms with van der Waals surface area (Å²) in [4.78, 5) is 8.83. The summed E-state index contributed by atoms with van der Waals surface area (Å²) < 4.78 is 5.33. The van der Waals surface area contributed by atoms with Crippen LogP contribution in [0.2, 0.25) is 0 Å². The minimum atomic E-state index is 0.380. The highest BCUT2D eigenvalue weighted by atomic mass is 32.1. The molecule has 5 nitrogen and oxygen atoms in total. The Morgan fingerprint density at radius 3 is 3.04 bits per heavy atom. The van der Waals surface area contributed by atoms with Crippen LogP contribution < -0.4 is 11.1 Å². The van der Waals surface area contributed by atoms with Gasteiger partial charge in [-0.25, -0.2) is 9.98 Å². The zero-order valence-electron chi connectivity index (χ0n) is 12.8. The Morgan fingerprint density at radius 1 is 1.35 bits per heavy atom. The molecule has 0 aliphatic heterocycles. The monoisotopic (exact) mass is 326 g/mol. The first-order valence-electron chi connectivity index (χ1n) is 7.38. The quantitative estimate of drug-likeness (QED) is 0.551. The molecule has 0 saturated heterocycles. The van der Waals surface area contributed by atoms with Crippen molar-refractivity contribution in [3.8, 4) is 10.8 Å². The molecule has 2 heterocycles. The highest BCUT2D eigenvalue weighted by Gasteiger charge is 2.06. The maximum absolute atomic E-state index is 5.94. The average molecular weight is 326 g/mol. The number of nitrogens with zero attached hydrogens (tertiary/aromatic N) is 2. The first kappa shape index (κ1) is 15.3. The summed E-state index contributed by atoms with van der Waals surface area (Å²) in [5.74, 6) is 1.15. The van der Waals surface area contributed by atoms with Crippen LogP contribution in [0.15, 0.2) is 57.5 Å². The minimum Gasteiger partial charge on any atom is -0.462 e. The van der Waals surface area contributed by atoms with Crippen LogP contribution in [-0.2, 0) is 13.0 Å². The van der Waals surface area contributed by atoms with Gasteiger partial charge in [-0.05, 0) is 36.2 Å². The summed E-state index contributed by atoms with van der Waals surface area (Å²) in [5.41, 5.74) is 9.01. The number of nitrogens with two attached hydrogens (primary N) is 1. The zero-order valence-corrected chi connectivity index (χ0v) is 13.6. The predicted octanol–water partition coefficient (Wildman–Crippen LogP) is 3.89. The number of benzene rings is 1. The van der Waals surface area contributed by atoms with Crippen molar-refractivity contribution in [2.75, 3.05) is 5.32 Å². The van der Waals surface area contributed by atoms with Crippen LogP contribution in [0, 0.1) is 0 Å². The van der Waals surface area contributed by atoms with Crippen LogP contribution >= 0.6 is 11.3 Å². The van der Waals surface area contributed by atoms with Gasteiger partial charge in [-0.2, -0.15) is 0 Å². The zero-order chi connectivity index (χ0) is 16.1. The molecule has 3 aromatic rings. The Morgan fingerprint density at radius 2 is 2.26 bits per heavy atom. The largest absolute Gasteiger partial charge is 0.462 e. The van der Waals surface area contributed by atoms with Crippen LogP contribution in [0.3, 0.4) is 0 Å². The molecule has 0 spiro atoms. The van der Waals surface area contributed by atoms with Gasteiger partial charge >= 0.3 is 0 Å². The molecular weight excluding hydrogens is 308 g/mol. The summed E-state index contributed by atoms with van der Waals surface area (Å²) in [5, 5.41) is 5.92. The number of rotatable bonds is 5. The Labute approximate surface area is 138 Å². The van der Waals surface area contributed by atoms with Crippen molar-refractivity contribution >= 4 is 23.0 Å². The first-order chi connectivity index (χ1) is 11.2. The van der Waals surface area contributed by atoms with E-state index in [1.54, 1.807) is 6.26 Å². The molecule has 0 saturated carbocycles. The van der Waals surface area contributed by atoms with E-state index in [0.717, 1.165) is 28.6 Å². The average Bonchev–Trinajstić information content (AvgIpc) is 3.24. The molecule has 6 heteroatoms. The van der Waals surface area contributed by atoms with Crippen molar-refractivity contribution in [2.24, 2.45) is 10.7 Å². The van der Waals surface area contributed by atoms with Gasteiger partial charge in [0.05, 0.1) is 18.5 Å². The third-order valence-corrected chi connectivity index (χ3v) is 4.21. The molecule has 0 aliphatic rings. The van der Waals surface area contributed by atoms with Gasteiger partial charge in [-0.3, -0.25) is 0 Å². The van der Waals surface area contributed by atoms with E-state index in [4.69, 9.17) is 10.2 Å². The van der Waals surface area contributed by atoms with Crippen LogP contribution in [-0.4, -0.2) is 10.9 Å². The van der Waals surface area contributed by atoms with Gasteiger partial charge in [0.1, 0.15) is 0 Å². The molecule has 0 amide bonds. The molecule has 0 atom stereocenters. The number of anilines is 1. The van der Waals surface area contributed by atoms with Crippen molar-refractivity contribution in [3.63, 3.8) is 0 Å². The molecular formula is C17H18N4OS. The standard InChI is InChI=1S/C17H18N4OS/c1-2-12-5-3-6-13(9-12)21-17(18)19-10-14-11-23-16(20-14)15-7-4-8-22-15/h3-9,11H,2,10H2,1H3,(H3,18,19,21). The fourth-order valence-corrected chi connectivity index (χ4v) is 2.89. The lowest BCUT2D eigenvalue weighted by Crippen LogP contribution is -2.22. The Balaban J connectivity index is 1.63. The van der Waals surface area contributed by atoms with E-state index in [0.29, 0.717) is 12.5 Å². The molecule has 118 valence electrons. The smallest absolute Gasteiger partial charge is 0.193 e. The Bertz CT molecular complexity index is 793. The van der Waals surface area contributed by atoms with Gasteiger partial charge in [0.15, 0.2) is 16.7 Å². The number of hydrogen-bond acceptors (Lipinski definition) is 4. The van der Waals surface area contributed by atoms with E-state index >= 15 is 0 Å². The van der Waals surface area contributed by atoms with Crippen molar-refractivity contribution in [3.05, 3.63) is 59.3 Å². The normalized spacial score (nSPS) is 11.6. The first-order valence-corrected chi connectivity index (χ1v) is 8.26. The number of guanidine groups is 1. The molecule has 23 heavy (non-hydrogen) atoms. The van der Waals surface area contributed by atoms with Gasteiger partial charge in [0.2, 0.25) is 0 Å². The molecule has 2 aromatic heterocycles. The summed E-state index contributed by atoms with van der Waals surface area (Å²) in [6.07, 6.45) is 2.63. The van der Waals surface area contributed by atoms with Crippen LogP contribution in [0.5, 0.6) is 0 Å². The second-order valence-corrected chi connectivity index (χ2v) is 5.86. The highest BCUT2D eigenvalue weighted by molar-refractivity contribution is 7.13. The van der Waals surface area contributed by atoms with Gasteiger partial charge < -0.3 is 15.5 Å². The maximum atomic E-state index is 5.94. The van der Waals surface area contributed by atoms with Crippen LogP contribution in [0.4, 0.5) is 5.69 Å². The van der Waals surface area contributed by atoms with E-state index in [1.807, 2.05) is 29.6 Å². The van der Waals surface area contributed by atoms with Gasteiger partial charge in [-0.1, -0.05) is 19.1 Å². The molecule has 0 fully saturated rings. The van der Waals surface area contributed by atoms with Crippen LogP contribution in [0.25, 0.3) is 10.8 Å². The van der Waals surface area contributed by atoms with Crippen molar-refractivity contribution in [1.82, 2.24) is 4.98 Å². The number of nitrogens with one attached hydrogen (secondary N) is 1. The van der Waals surface area contributed by atoms with E-state index in [2.05, 4.69) is 34.3 Å². The molecule has 0 radical (unpaired) electrons. The third-order valence-electron chi connectivity index (χ3n) is 3.30. The lowest BCUT2D eigenvalue weighted by Gasteiger charge is -2.06. The Kier molecular flexibility index (Phi) is 4.73. The second-order valence-electron chi connectivity index (χ2n) is 5.00. The van der Waals surface area contributed by atoms with E-state index in [-0.39, 0.29) is 0 Å². The maximum Gasteiger partial charge on any atom is 0.193 e. The van der Waals surface area contributed by atoms with E-state index in [9.17, 15) is 0 Å². The summed E-state index contributed by atoms with van der Waals surface area (Å²) >= 11 is 1.53. The van der Waals surface area contributed by atoms with Crippen molar-refractivity contribution in [1.29, 1.82) is 0 Å². The number of aryl methyl sites for hydroxylation is 1. The molecule has 1 aromatic carbocycles. The SMILES string of the molecule is CCc1cccc(NC(N)=NCc2csc(-c3ccco3)n2)c1. The van der Waals surface area contributed by atoms with Crippen molar-refractivity contribution < 1.29 is 4.42 Å². The van der Waals surface area contributed by atoms with Gasteiger partial charge in [0, 0.05) is 11.1 Å². The second kappa shape index (κ2) is 7.11. The Hall–Kier alpha value is -2.60. The minimum absolute atomic E-state index is 0.380. The third kappa shape index (κ3) is 3.98. The van der Waals surface area contributed by atoms with E-state index in [1.165, 1.54) is 16.9 Å². The number of aliphatic imine (C=N–C) groups is 1. The molecule has 3 rings (SSSR count). The fraction of sp³-hybridized carbons (Fsp3) is 0.176. The summed E-state index contributed by atoms with van der Waals surface area (Å²) in [6.45, 7) is 2.55. The molecule has 0 unspecified atom stereocenters. The number of furan rings is 1. The fourth-order valence-electron chi connectivity index (χ4n) is 2.12. The topological polar surface area (TPSA) is 76.4 Å². The molecule has 0 aliphatic carbocycles. The summed E-state index contributed by atoms with van der Waals surface area (Å²) in [6, 6.07) is 11.9.